The monoisotopic (exact) mass is 472 g/mol. The van der Waals surface area contributed by atoms with Crippen LogP contribution in [0, 0.1) is 10.1 Å². The lowest BCUT2D eigenvalue weighted by molar-refractivity contribution is -0.383. The molecule has 2 fully saturated rings. The van der Waals surface area contributed by atoms with Crippen LogP contribution in [0.25, 0.3) is 0 Å². The van der Waals surface area contributed by atoms with Crippen molar-refractivity contribution in [3.63, 3.8) is 0 Å². The van der Waals surface area contributed by atoms with Gasteiger partial charge in [-0.25, -0.2) is 9.97 Å². The van der Waals surface area contributed by atoms with E-state index in [9.17, 15) is 10.1 Å². The number of piperazine rings is 1. The molecule has 12 nitrogen and oxygen atoms in total. The summed E-state index contributed by atoms with van der Waals surface area (Å²) in [5.41, 5.74) is 1.08. The molecule has 0 atom stereocenters. The SMILES string of the molecule is CN(CCC1OCCO1)c1ncnc(N2CCN(Cc3ccc4c(c3)OCO4)CC2)c1[N+](=O)[O-]. The van der Waals surface area contributed by atoms with Gasteiger partial charge < -0.3 is 28.7 Å². The number of ether oxygens (including phenoxy) is 4. The summed E-state index contributed by atoms with van der Waals surface area (Å²) >= 11 is 0. The highest BCUT2D eigenvalue weighted by Crippen LogP contribution is 2.35. The van der Waals surface area contributed by atoms with Crippen LogP contribution in [-0.2, 0) is 16.0 Å². The number of rotatable bonds is 8. The average Bonchev–Trinajstić information content (AvgIpc) is 3.54. The molecule has 34 heavy (non-hydrogen) atoms. The maximum absolute atomic E-state index is 12.0. The highest BCUT2D eigenvalue weighted by Gasteiger charge is 2.31. The molecule has 0 unspecified atom stereocenters. The predicted octanol–water partition coefficient (Wildman–Crippen LogP) is 1.63. The van der Waals surface area contributed by atoms with Crippen LogP contribution in [0.4, 0.5) is 17.3 Å². The van der Waals surface area contributed by atoms with Gasteiger partial charge >= 0.3 is 5.69 Å². The van der Waals surface area contributed by atoms with E-state index < -0.39 is 0 Å². The van der Waals surface area contributed by atoms with E-state index in [2.05, 4.69) is 14.9 Å². The first-order valence-corrected chi connectivity index (χ1v) is 11.4. The fourth-order valence-corrected chi connectivity index (χ4v) is 4.43. The topological polar surface area (TPSA) is 116 Å². The van der Waals surface area contributed by atoms with Crippen molar-refractivity contribution in [2.75, 3.05) is 69.6 Å². The van der Waals surface area contributed by atoms with Crippen molar-refractivity contribution in [1.82, 2.24) is 14.9 Å². The van der Waals surface area contributed by atoms with E-state index in [0.717, 1.165) is 36.7 Å². The van der Waals surface area contributed by atoms with Crippen LogP contribution in [0.2, 0.25) is 0 Å². The van der Waals surface area contributed by atoms with Gasteiger partial charge in [0.25, 0.3) is 0 Å². The minimum Gasteiger partial charge on any atom is -0.454 e. The zero-order valence-electron chi connectivity index (χ0n) is 19.1. The van der Waals surface area contributed by atoms with E-state index in [0.29, 0.717) is 50.9 Å². The molecule has 2 aromatic rings. The molecule has 1 aromatic carbocycles. The first-order chi connectivity index (χ1) is 16.6. The molecular formula is C22H28N6O6. The van der Waals surface area contributed by atoms with Crippen molar-refractivity contribution < 1.29 is 23.9 Å². The minimum absolute atomic E-state index is 0.0671. The Morgan fingerprint density at radius 3 is 2.65 bits per heavy atom. The molecule has 12 heteroatoms. The second-order valence-electron chi connectivity index (χ2n) is 8.46. The number of hydrogen-bond acceptors (Lipinski definition) is 11. The lowest BCUT2D eigenvalue weighted by Crippen LogP contribution is -2.46. The van der Waals surface area contributed by atoms with Crippen molar-refractivity contribution in [1.29, 1.82) is 0 Å². The Morgan fingerprint density at radius 2 is 1.88 bits per heavy atom. The second-order valence-corrected chi connectivity index (χ2v) is 8.46. The normalized spacial score (nSPS) is 18.4. The van der Waals surface area contributed by atoms with E-state index in [1.54, 1.807) is 11.9 Å². The molecule has 0 amide bonds. The van der Waals surface area contributed by atoms with Gasteiger partial charge in [0, 0.05) is 52.7 Å². The summed E-state index contributed by atoms with van der Waals surface area (Å²) in [6, 6.07) is 5.98. The van der Waals surface area contributed by atoms with Crippen LogP contribution in [0.15, 0.2) is 24.5 Å². The first-order valence-electron chi connectivity index (χ1n) is 11.4. The molecule has 0 saturated carbocycles. The molecule has 0 N–H and O–H groups in total. The highest BCUT2D eigenvalue weighted by molar-refractivity contribution is 5.71. The van der Waals surface area contributed by atoms with Crippen LogP contribution in [0.3, 0.4) is 0 Å². The number of nitrogens with zero attached hydrogens (tertiary/aromatic N) is 6. The lowest BCUT2D eigenvalue weighted by Gasteiger charge is -2.35. The van der Waals surface area contributed by atoms with Gasteiger partial charge in [0.1, 0.15) is 6.33 Å². The van der Waals surface area contributed by atoms with Gasteiger partial charge in [-0.1, -0.05) is 6.07 Å². The third-order valence-electron chi connectivity index (χ3n) is 6.23. The highest BCUT2D eigenvalue weighted by atomic mass is 16.7. The summed E-state index contributed by atoms with van der Waals surface area (Å²) in [6.45, 7) is 5.49. The molecule has 0 radical (unpaired) electrons. The molecule has 0 bridgehead atoms. The fourth-order valence-electron chi connectivity index (χ4n) is 4.43. The summed E-state index contributed by atoms with van der Waals surface area (Å²) < 4.78 is 21.8. The fraction of sp³-hybridized carbons (Fsp3) is 0.545. The minimum atomic E-state index is -0.386. The molecule has 3 aliphatic rings. The van der Waals surface area contributed by atoms with E-state index in [1.807, 2.05) is 23.1 Å². The molecule has 3 aliphatic heterocycles. The van der Waals surface area contributed by atoms with Crippen LogP contribution < -0.4 is 19.3 Å². The third-order valence-corrected chi connectivity index (χ3v) is 6.23. The molecule has 1 aromatic heterocycles. The van der Waals surface area contributed by atoms with Gasteiger partial charge in [0.2, 0.25) is 18.4 Å². The first kappa shape index (κ1) is 22.6. The Bertz CT molecular complexity index is 1020. The van der Waals surface area contributed by atoms with Crippen LogP contribution in [0.1, 0.15) is 12.0 Å². The standard InChI is InChI=1S/C22H28N6O6/c1-25(5-4-19-31-10-11-32-19)21-20(28(29)30)22(24-14-23-21)27-8-6-26(7-9-27)13-16-2-3-17-18(12-16)34-15-33-17/h2-3,12,14,19H,4-11,13,15H2,1H3. The van der Waals surface area contributed by atoms with E-state index in [1.165, 1.54) is 6.33 Å². The summed E-state index contributed by atoms with van der Waals surface area (Å²) in [5.74, 6) is 2.21. The third kappa shape index (κ3) is 4.83. The Morgan fingerprint density at radius 1 is 1.12 bits per heavy atom. The number of fused-ring (bicyclic) bond motifs is 1. The quantitative estimate of drug-likeness (QED) is 0.412. The number of anilines is 2. The summed E-state index contributed by atoms with van der Waals surface area (Å²) in [7, 11) is 1.79. The Labute approximate surface area is 197 Å². The van der Waals surface area contributed by atoms with Crippen molar-refractivity contribution in [2.45, 2.75) is 19.3 Å². The molecule has 0 spiro atoms. The zero-order valence-corrected chi connectivity index (χ0v) is 19.1. The van der Waals surface area contributed by atoms with Gasteiger partial charge in [0.15, 0.2) is 17.8 Å². The van der Waals surface area contributed by atoms with Crippen molar-refractivity contribution in [3.8, 4) is 11.5 Å². The Balaban J connectivity index is 1.24. The lowest BCUT2D eigenvalue weighted by atomic mass is 10.1. The number of aromatic nitrogens is 2. The van der Waals surface area contributed by atoms with Gasteiger partial charge in [-0.05, 0) is 17.7 Å². The molecule has 0 aliphatic carbocycles. The molecule has 182 valence electrons. The van der Waals surface area contributed by atoms with E-state index >= 15 is 0 Å². The van der Waals surface area contributed by atoms with Gasteiger partial charge in [0.05, 0.1) is 18.1 Å². The Kier molecular flexibility index (Phi) is 6.61. The van der Waals surface area contributed by atoms with E-state index in [-0.39, 0.29) is 23.7 Å². The molecule has 4 heterocycles. The van der Waals surface area contributed by atoms with Crippen molar-refractivity contribution >= 4 is 17.3 Å². The maximum atomic E-state index is 12.0. The smallest absolute Gasteiger partial charge is 0.353 e. The number of nitro groups is 1. The zero-order chi connectivity index (χ0) is 23.5. The summed E-state index contributed by atoms with van der Waals surface area (Å²) in [6.07, 6.45) is 1.72. The summed E-state index contributed by atoms with van der Waals surface area (Å²) in [4.78, 5) is 26.2. The van der Waals surface area contributed by atoms with Gasteiger partial charge in [-0.3, -0.25) is 15.0 Å². The van der Waals surface area contributed by atoms with Gasteiger partial charge in [-0.15, -0.1) is 0 Å². The molecule has 2 saturated heterocycles. The van der Waals surface area contributed by atoms with Gasteiger partial charge in [-0.2, -0.15) is 0 Å². The van der Waals surface area contributed by atoms with Crippen LogP contribution >= 0.6 is 0 Å². The largest absolute Gasteiger partial charge is 0.454 e. The number of benzene rings is 1. The van der Waals surface area contributed by atoms with E-state index in [4.69, 9.17) is 18.9 Å². The maximum Gasteiger partial charge on any atom is 0.353 e. The summed E-state index contributed by atoms with van der Waals surface area (Å²) in [5, 5.41) is 12.0. The second kappa shape index (κ2) is 9.95. The van der Waals surface area contributed by atoms with Crippen LogP contribution in [-0.4, -0.2) is 85.9 Å². The van der Waals surface area contributed by atoms with Crippen molar-refractivity contribution in [3.05, 3.63) is 40.2 Å². The molecule has 5 rings (SSSR count). The molecular weight excluding hydrogens is 444 g/mol. The van der Waals surface area contributed by atoms with Crippen molar-refractivity contribution in [2.24, 2.45) is 0 Å². The number of hydrogen-bond donors (Lipinski definition) is 0. The average molecular weight is 473 g/mol. The van der Waals surface area contributed by atoms with Crippen LogP contribution in [0.5, 0.6) is 11.5 Å². The predicted molar refractivity (Wildman–Crippen MR) is 122 cm³/mol. The Hall–Kier alpha value is -3.22.